The van der Waals surface area contributed by atoms with E-state index >= 15 is 0 Å². The lowest BCUT2D eigenvalue weighted by Gasteiger charge is -2.34. The molecule has 0 saturated carbocycles. The van der Waals surface area contributed by atoms with E-state index in [4.69, 9.17) is 21.1 Å². The minimum Gasteiger partial charge on any atom is -0.460 e. The van der Waals surface area contributed by atoms with Gasteiger partial charge in [0.15, 0.2) is 0 Å². The fourth-order valence-corrected chi connectivity index (χ4v) is 4.61. The van der Waals surface area contributed by atoms with Crippen LogP contribution >= 0.6 is 22.9 Å². The Morgan fingerprint density at radius 2 is 1.90 bits per heavy atom. The van der Waals surface area contributed by atoms with Gasteiger partial charge in [-0.2, -0.15) is 0 Å². The zero-order valence-corrected chi connectivity index (χ0v) is 18.5. The molecule has 3 heterocycles. The van der Waals surface area contributed by atoms with E-state index in [1.54, 1.807) is 32.3 Å². The van der Waals surface area contributed by atoms with Crippen molar-refractivity contribution in [2.24, 2.45) is 0 Å². The summed E-state index contributed by atoms with van der Waals surface area (Å²) in [4.78, 5) is 33.8. The second-order valence-corrected chi connectivity index (χ2v) is 8.83. The third kappa shape index (κ3) is 5.19. The number of thiophene rings is 1. The maximum absolute atomic E-state index is 13.0. The lowest BCUT2D eigenvalue weighted by molar-refractivity contribution is 0.0387. The molecule has 0 aromatic carbocycles. The number of carbonyl (C=O) groups excluding carboxylic acids is 2. The Morgan fingerprint density at radius 3 is 2.52 bits per heavy atom. The zero-order chi connectivity index (χ0) is 21.0. The van der Waals surface area contributed by atoms with Gasteiger partial charge in [0.05, 0.1) is 16.5 Å². The third-order valence-electron chi connectivity index (χ3n) is 5.04. The topological polar surface area (TPSA) is 74.9 Å². The molecule has 158 valence electrons. The Bertz CT molecular complexity index is 871. The van der Waals surface area contributed by atoms with Crippen LogP contribution in [0.15, 0.2) is 12.1 Å². The van der Waals surface area contributed by atoms with Gasteiger partial charge in [-0.3, -0.25) is 9.69 Å². The molecule has 1 saturated heterocycles. The molecule has 0 atom stereocenters. The van der Waals surface area contributed by atoms with Gasteiger partial charge in [-0.15, -0.1) is 11.3 Å². The van der Waals surface area contributed by atoms with Gasteiger partial charge in [-0.1, -0.05) is 11.6 Å². The smallest absolute Gasteiger partial charge is 0.340 e. The van der Waals surface area contributed by atoms with Crippen molar-refractivity contribution in [1.29, 1.82) is 0 Å². The predicted molar refractivity (Wildman–Crippen MR) is 113 cm³/mol. The van der Waals surface area contributed by atoms with Crippen LogP contribution in [0.5, 0.6) is 0 Å². The Kier molecular flexibility index (Phi) is 7.34. The largest absolute Gasteiger partial charge is 0.460 e. The number of aromatic nitrogens is 1. The van der Waals surface area contributed by atoms with Crippen LogP contribution < -0.4 is 0 Å². The molecular formula is C20H26ClN3O4S. The molecule has 3 rings (SSSR count). The number of nitrogens with one attached hydrogen (secondary N) is 1. The van der Waals surface area contributed by atoms with Crippen LogP contribution in [0.1, 0.15) is 37.0 Å². The number of carbonyl (C=O) groups is 2. The number of halogens is 1. The van der Waals surface area contributed by atoms with Crippen molar-refractivity contribution in [2.75, 3.05) is 46.5 Å². The van der Waals surface area contributed by atoms with E-state index in [-0.39, 0.29) is 12.5 Å². The molecular weight excluding hydrogens is 414 g/mol. The van der Waals surface area contributed by atoms with Crippen LogP contribution in [-0.2, 0) is 16.0 Å². The average molecular weight is 440 g/mol. The summed E-state index contributed by atoms with van der Waals surface area (Å²) < 4.78 is 10.9. The highest BCUT2D eigenvalue weighted by atomic mass is 35.5. The van der Waals surface area contributed by atoms with E-state index in [2.05, 4.69) is 9.88 Å². The number of methoxy groups -OCH3 is 1. The first-order chi connectivity index (χ1) is 13.9. The molecule has 1 aliphatic heterocycles. The molecule has 0 spiro atoms. The minimum atomic E-state index is -0.438. The van der Waals surface area contributed by atoms with Crippen molar-refractivity contribution in [1.82, 2.24) is 14.8 Å². The molecule has 29 heavy (non-hydrogen) atoms. The average Bonchev–Trinajstić information content (AvgIpc) is 3.24. The first-order valence-corrected chi connectivity index (χ1v) is 10.7. The molecule has 0 unspecified atom stereocenters. The van der Waals surface area contributed by atoms with E-state index in [0.29, 0.717) is 42.2 Å². The SMILES string of the molecule is COCCOC(=O)c1c(C)[nH]c(C(=O)N2CCN(Cc3ccc(Cl)s3)CC2)c1C. The number of aromatic amines is 1. The van der Waals surface area contributed by atoms with Crippen molar-refractivity contribution >= 4 is 34.8 Å². The highest BCUT2D eigenvalue weighted by Crippen LogP contribution is 2.24. The summed E-state index contributed by atoms with van der Waals surface area (Å²) >= 11 is 7.59. The summed E-state index contributed by atoms with van der Waals surface area (Å²) in [6.45, 7) is 7.80. The predicted octanol–water partition coefficient (Wildman–Crippen LogP) is 3.11. The molecule has 0 aliphatic carbocycles. The van der Waals surface area contributed by atoms with Crippen molar-refractivity contribution in [3.8, 4) is 0 Å². The van der Waals surface area contributed by atoms with Gasteiger partial charge in [0.2, 0.25) is 0 Å². The lowest BCUT2D eigenvalue weighted by atomic mass is 10.1. The third-order valence-corrected chi connectivity index (χ3v) is 6.26. The van der Waals surface area contributed by atoms with E-state index in [1.165, 1.54) is 4.88 Å². The Morgan fingerprint density at radius 1 is 1.17 bits per heavy atom. The summed E-state index contributed by atoms with van der Waals surface area (Å²) in [5, 5.41) is 0. The number of ether oxygens (including phenoxy) is 2. The molecule has 7 nitrogen and oxygen atoms in total. The van der Waals surface area contributed by atoms with Crippen molar-refractivity contribution in [3.63, 3.8) is 0 Å². The highest BCUT2D eigenvalue weighted by molar-refractivity contribution is 7.16. The summed E-state index contributed by atoms with van der Waals surface area (Å²) in [5.41, 5.74) is 2.16. The Hall–Kier alpha value is -1.87. The first-order valence-electron chi connectivity index (χ1n) is 9.51. The van der Waals surface area contributed by atoms with Crippen LogP contribution in [0.25, 0.3) is 0 Å². The second-order valence-electron chi connectivity index (χ2n) is 7.03. The summed E-state index contributed by atoms with van der Waals surface area (Å²) in [5.74, 6) is -0.521. The zero-order valence-electron chi connectivity index (χ0n) is 16.9. The molecule has 1 amide bonds. The molecule has 2 aromatic rings. The number of piperazine rings is 1. The number of H-pyrrole nitrogens is 1. The van der Waals surface area contributed by atoms with Crippen molar-refractivity contribution in [2.45, 2.75) is 20.4 Å². The number of nitrogens with zero attached hydrogens (tertiary/aromatic N) is 2. The molecule has 9 heteroatoms. The monoisotopic (exact) mass is 439 g/mol. The molecule has 0 radical (unpaired) electrons. The summed E-state index contributed by atoms with van der Waals surface area (Å²) in [7, 11) is 1.55. The fraction of sp³-hybridized carbons (Fsp3) is 0.500. The maximum Gasteiger partial charge on any atom is 0.340 e. The molecule has 2 aromatic heterocycles. The van der Waals surface area contributed by atoms with E-state index in [1.807, 2.05) is 17.0 Å². The number of hydrogen-bond acceptors (Lipinski definition) is 6. The van der Waals surface area contributed by atoms with Gasteiger partial charge in [0.25, 0.3) is 5.91 Å². The standard InChI is InChI=1S/C20H26ClN3O4S/c1-13-17(20(26)28-11-10-27-3)14(2)22-18(13)19(25)24-8-6-23(7-9-24)12-15-4-5-16(21)29-15/h4-5,22H,6-12H2,1-3H3. The van der Waals surface area contributed by atoms with Crippen LogP contribution in [0.3, 0.4) is 0 Å². The van der Waals surface area contributed by atoms with E-state index in [0.717, 1.165) is 24.0 Å². The maximum atomic E-state index is 13.0. The number of esters is 1. The number of hydrogen-bond donors (Lipinski definition) is 1. The fourth-order valence-electron chi connectivity index (χ4n) is 3.48. The first kappa shape index (κ1) is 21.8. The van der Waals surface area contributed by atoms with Crippen LogP contribution in [0.2, 0.25) is 4.34 Å². The summed E-state index contributed by atoms with van der Waals surface area (Å²) in [6.07, 6.45) is 0. The van der Waals surface area contributed by atoms with E-state index in [9.17, 15) is 9.59 Å². The molecule has 1 fully saturated rings. The molecule has 0 bridgehead atoms. The number of rotatable bonds is 7. The van der Waals surface area contributed by atoms with Gasteiger partial charge < -0.3 is 19.4 Å². The molecule has 1 N–H and O–H groups in total. The highest BCUT2D eigenvalue weighted by Gasteiger charge is 2.28. The van der Waals surface area contributed by atoms with Gasteiger partial charge in [0.1, 0.15) is 12.3 Å². The van der Waals surface area contributed by atoms with Crippen molar-refractivity contribution in [3.05, 3.63) is 43.9 Å². The van der Waals surface area contributed by atoms with Crippen LogP contribution in [0, 0.1) is 13.8 Å². The summed E-state index contributed by atoms with van der Waals surface area (Å²) in [6, 6.07) is 3.96. The van der Waals surface area contributed by atoms with Gasteiger partial charge in [-0.25, -0.2) is 4.79 Å². The van der Waals surface area contributed by atoms with Gasteiger partial charge >= 0.3 is 5.97 Å². The van der Waals surface area contributed by atoms with Crippen molar-refractivity contribution < 1.29 is 19.1 Å². The molecule has 1 aliphatic rings. The Balaban J connectivity index is 1.61. The Labute approximate surface area is 179 Å². The minimum absolute atomic E-state index is 0.0830. The lowest BCUT2D eigenvalue weighted by Crippen LogP contribution is -2.48. The normalized spacial score (nSPS) is 15.0. The number of amides is 1. The number of aryl methyl sites for hydroxylation is 1. The second kappa shape index (κ2) is 9.75. The van der Waals surface area contributed by atoms with Gasteiger partial charge in [-0.05, 0) is 31.5 Å². The van der Waals surface area contributed by atoms with Crippen LogP contribution in [-0.4, -0.2) is 73.2 Å². The van der Waals surface area contributed by atoms with E-state index < -0.39 is 5.97 Å². The quantitative estimate of drug-likeness (QED) is 0.530. The van der Waals surface area contributed by atoms with Gasteiger partial charge in [0, 0.05) is 50.4 Å². The van der Waals surface area contributed by atoms with Crippen LogP contribution in [0.4, 0.5) is 0 Å².